The lowest BCUT2D eigenvalue weighted by molar-refractivity contribution is 0.443. The molecule has 4 nitrogen and oxygen atoms in total. The van der Waals surface area contributed by atoms with E-state index in [1.165, 1.54) is 6.07 Å². The first kappa shape index (κ1) is 13.0. The number of rotatable bonds is 3. The zero-order valence-corrected chi connectivity index (χ0v) is 10.9. The highest BCUT2D eigenvalue weighted by molar-refractivity contribution is 7.90. The number of sulfone groups is 1. The Labute approximate surface area is 97.0 Å². The predicted octanol–water partition coefficient (Wildman–Crippen LogP) is 1.94. The Morgan fingerprint density at radius 2 is 1.94 bits per heavy atom. The minimum atomic E-state index is -3.20. The van der Waals surface area contributed by atoms with Crippen LogP contribution in [-0.2, 0) is 9.84 Å². The summed E-state index contributed by atoms with van der Waals surface area (Å²) in [4.78, 5) is 3.90. The maximum atomic E-state index is 11.2. The summed E-state index contributed by atoms with van der Waals surface area (Å²) >= 11 is 0. The third-order valence-electron chi connectivity index (χ3n) is 1.94. The molecule has 0 bridgehead atoms. The van der Waals surface area contributed by atoms with Gasteiger partial charge in [0.05, 0.1) is 11.9 Å². The lowest BCUT2D eigenvalue weighted by Gasteiger charge is -2.19. The molecule has 1 heterocycles. The number of hydrogen-bond acceptors (Lipinski definition) is 4. The number of nitrogens with zero attached hydrogens (tertiary/aromatic N) is 1. The van der Waals surface area contributed by atoms with E-state index in [1.807, 2.05) is 0 Å². The van der Waals surface area contributed by atoms with Crippen LogP contribution in [0.2, 0.25) is 0 Å². The molecule has 0 unspecified atom stereocenters. The molecule has 0 atom stereocenters. The van der Waals surface area contributed by atoms with E-state index in [0.717, 1.165) is 18.5 Å². The second-order valence-corrected chi connectivity index (χ2v) is 7.03. The lowest BCUT2D eigenvalue weighted by Crippen LogP contribution is -2.19. The van der Waals surface area contributed by atoms with Crippen molar-refractivity contribution in [2.24, 2.45) is 5.41 Å². The van der Waals surface area contributed by atoms with Crippen LogP contribution in [-0.4, -0.2) is 26.2 Å². The zero-order chi connectivity index (χ0) is 12.4. The van der Waals surface area contributed by atoms with Crippen LogP contribution in [0.1, 0.15) is 20.8 Å². The monoisotopic (exact) mass is 242 g/mol. The Kier molecular flexibility index (Phi) is 3.57. The number of aromatic nitrogens is 1. The average Bonchev–Trinajstić information content (AvgIpc) is 2.13. The molecule has 0 amide bonds. The molecule has 0 fully saturated rings. The van der Waals surface area contributed by atoms with Gasteiger partial charge >= 0.3 is 0 Å². The van der Waals surface area contributed by atoms with Crippen molar-refractivity contribution in [2.75, 3.05) is 18.1 Å². The molecule has 0 radical (unpaired) electrons. The van der Waals surface area contributed by atoms with E-state index >= 15 is 0 Å². The van der Waals surface area contributed by atoms with Gasteiger partial charge in [-0.2, -0.15) is 0 Å². The number of pyridine rings is 1. The summed E-state index contributed by atoms with van der Waals surface area (Å²) in [6, 6.07) is 3.25. The van der Waals surface area contributed by atoms with Crippen molar-refractivity contribution in [1.29, 1.82) is 0 Å². The highest BCUT2D eigenvalue weighted by Crippen LogP contribution is 2.15. The topological polar surface area (TPSA) is 59.1 Å². The summed E-state index contributed by atoms with van der Waals surface area (Å²) in [6.07, 6.45) is 2.69. The van der Waals surface area contributed by atoms with E-state index in [-0.39, 0.29) is 10.4 Å². The van der Waals surface area contributed by atoms with Crippen molar-refractivity contribution in [3.8, 4) is 0 Å². The van der Waals surface area contributed by atoms with E-state index in [9.17, 15) is 8.42 Å². The summed E-state index contributed by atoms with van der Waals surface area (Å²) in [5.41, 5.74) is 1.01. The van der Waals surface area contributed by atoms with Gasteiger partial charge in [-0.15, -0.1) is 0 Å². The molecule has 0 aliphatic heterocycles. The maximum absolute atomic E-state index is 11.2. The fourth-order valence-corrected chi connectivity index (χ4v) is 1.63. The first-order valence-corrected chi connectivity index (χ1v) is 6.98. The van der Waals surface area contributed by atoms with Gasteiger partial charge in [0.25, 0.3) is 0 Å². The van der Waals surface area contributed by atoms with Crippen molar-refractivity contribution < 1.29 is 8.42 Å². The molecule has 0 saturated heterocycles. The molecule has 1 aromatic heterocycles. The third kappa shape index (κ3) is 4.18. The van der Waals surface area contributed by atoms with Crippen LogP contribution in [0.15, 0.2) is 23.4 Å². The van der Waals surface area contributed by atoms with Crippen molar-refractivity contribution in [3.63, 3.8) is 0 Å². The molecule has 90 valence electrons. The summed E-state index contributed by atoms with van der Waals surface area (Å²) in [6.45, 7) is 7.18. The second-order valence-electron chi connectivity index (χ2n) is 5.07. The Bertz CT molecular complexity index is 444. The molecule has 1 rings (SSSR count). The fourth-order valence-electron chi connectivity index (χ4n) is 1.07. The van der Waals surface area contributed by atoms with Crippen molar-refractivity contribution in [2.45, 2.75) is 25.8 Å². The minimum Gasteiger partial charge on any atom is -0.383 e. The zero-order valence-electron chi connectivity index (χ0n) is 10.1. The van der Waals surface area contributed by atoms with Gasteiger partial charge < -0.3 is 5.32 Å². The van der Waals surface area contributed by atoms with E-state index in [1.54, 1.807) is 12.3 Å². The maximum Gasteiger partial charge on any atom is 0.192 e. The van der Waals surface area contributed by atoms with Gasteiger partial charge in [-0.05, 0) is 17.5 Å². The van der Waals surface area contributed by atoms with Gasteiger partial charge in [-0.25, -0.2) is 13.4 Å². The highest BCUT2D eigenvalue weighted by atomic mass is 32.2. The number of nitrogens with one attached hydrogen (secondary N) is 1. The molecule has 1 N–H and O–H groups in total. The van der Waals surface area contributed by atoms with E-state index in [2.05, 4.69) is 31.1 Å². The molecule has 1 aromatic rings. The summed E-state index contributed by atoms with van der Waals surface area (Å²) < 4.78 is 22.4. The smallest absolute Gasteiger partial charge is 0.192 e. The minimum absolute atomic E-state index is 0.105. The van der Waals surface area contributed by atoms with Gasteiger partial charge in [-0.1, -0.05) is 20.8 Å². The number of anilines is 1. The second kappa shape index (κ2) is 4.41. The molecule has 16 heavy (non-hydrogen) atoms. The van der Waals surface area contributed by atoms with Gasteiger partial charge in [-0.3, -0.25) is 0 Å². The Morgan fingerprint density at radius 1 is 1.31 bits per heavy atom. The van der Waals surface area contributed by atoms with Crippen LogP contribution in [0, 0.1) is 5.41 Å². The summed E-state index contributed by atoms with van der Waals surface area (Å²) in [5, 5.41) is 3.31. The molecule has 0 aliphatic carbocycles. The molecule has 5 heteroatoms. The van der Waals surface area contributed by atoms with Gasteiger partial charge in [0.1, 0.15) is 0 Å². The van der Waals surface area contributed by atoms with E-state index in [4.69, 9.17) is 0 Å². The largest absolute Gasteiger partial charge is 0.383 e. The Morgan fingerprint density at radius 3 is 2.31 bits per heavy atom. The Hall–Kier alpha value is -1.10. The van der Waals surface area contributed by atoms with Crippen LogP contribution in [0.25, 0.3) is 0 Å². The number of hydrogen-bond donors (Lipinski definition) is 1. The van der Waals surface area contributed by atoms with Gasteiger partial charge in [0.15, 0.2) is 14.9 Å². The first-order valence-electron chi connectivity index (χ1n) is 5.08. The quantitative estimate of drug-likeness (QED) is 0.880. The van der Waals surface area contributed by atoms with Gasteiger partial charge in [0.2, 0.25) is 0 Å². The van der Waals surface area contributed by atoms with Crippen molar-refractivity contribution in [3.05, 3.63) is 18.3 Å². The normalized spacial score (nSPS) is 12.5. The highest BCUT2D eigenvalue weighted by Gasteiger charge is 2.11. The summed E-state index contributed by atoms with van der Waals surface area (Å²) in [5.74, 6) is 0. The van der Waals surface area contributed by atoms with Crippen LogP contribution in [0.3, 0.4) is 0 Å². The predicted molar refractivity (Wildman–Crippen MR) is 65.3 cm³/mol. The standard InChI is InChI=1S/C11H18N2O2S/c1-11(2,3)8-13-9-5-6-10(12-7-9)16(4,14)15/h5-7,13H,8H2,1-4H3. The molecule has 0 saturated carbocycles. The summed E-state index contributed by atoms with van der Waals surface area (Å²) in [7, 11) is -3.20. The fraction of sp³-hybridized carbons (Fsp3) is 0.545. The van der Waals surface area contributed by atoms with E-state index in [0.29, 0.717) is 0 Å². The molecule has 0 spiro atoms. The van der Waals surface area contributed by atoms with Crippen LogP contribution >= 0.6 is 0 Å². The lowest BCUT2D eigenvalue weighted by atomic mass is 9.97. The first-order chi connectivity index (χ1) is 7.18. The third-order valence-corrected chi connectivity index (χ3v) is 2.94. The van der Waals surface area contributed by atoms with Crippen LogP contribution in [0.5, 0.6) is 0 Å². The molecular weight excluding hydrogens is 224 g/mol. The Balaban J connectivity index is 2.73. The van der Waals surface area contributed by atoms with Crippen molar-refractivity contribution >= 4 is 15.5 Å². The molecule has 0 aromatic carbocycles. The van der Waals surface area contributed by atoms with Crippen LogP contribution in [0.4, 0.5) is 5.69 Å². The molecular formula is C11H18N2O2S. The van der Waals surface area contributed by atoms with Crippen molar-refractivity contribution in [1.82, 2.24) is 4.98 Å². The average molecular weight is 242 g/mol. The molecule has 0 aliphatic rings. The van der Waals surface area contributed by atoms with E-state index < -0.39 is 9.84 Å². The SMILES string of the molecule is CC(C)(C)CNc1ccc(S(C)(=O)=O)nc1. The van der Waals surface area contributed by atoms with Gasteiger partial charge in [0, 0.05) is 12.8 Å². The van der Waals surface area contributed by atoms with Crippen LogP contribution < -0.4 is 5.32 Å².